The molecule has 0 heterocycles. The first-order valence-electron chi connectivity index (χ1n) is 7.43. The van der Waals surface area contributed by atoms with Crippen LogP contribution >= 0.6 is 0 Å². The van der Waals surface area contributed by atoms with Crippen molar-refractivity contribution < 1.29 is 0 Å². The van der Waals surface area contributed by atoms with Gasteiger partial charge < -0.3 is 5.73 Å². The summed E-state index contributed by atoms with van der Waals surface area (Å²) in [5, 5.41) is 0. The molecule has 104 valence electrons. The van der Waals surface area contributed by atoms with E-state index in [1.807, 2.05) is 0 Å². The second-order valence-corrected chi connectivity index (χ2v) is 7.06. The van der Waals surface area contributed by atoms with Crippen molar-refractivity contribution >= 4 is 0 Å². The normalized spacial score (nSPS) is 19.8. The van der Waals surface area contributed by atoms with Crippen LogP contribution in [0.25, 0.3) is 0 Å². The highest BCUT2D eigenvalue weighted by Crippen LogP contribution is 2.48. The number of rotatable bonds is 8. The largest absolute Gasteiger partial charge is 0.325 e. The lowest BCUT2D eigenvalue weighted by atomic mass is 9.60. The van der Waals surface area contributed by atoms with E-state index in [4.69, 9.17) is 5.73 Å². The maximum Gasteiger partial charge on any atom is 0.0123 e. The molecule has 0 saturated heterocycles. The SMILES string of the molecule is CCCC(C)(CC)C(C)(C)CCC(C)(N)CC. The van der Waals surface area contributed by atoms with Gasteiger partial charge in [0.15, 0.2) is 0 Å². The van der Waals surface area contributed by atoms with Crippen molar-refractivity contribution in [3.8, 4) is 0 Å². The molecule has 0 saturated carbocycles. The van der Waals surface area contributed by atoms with Gasteiger partial charge >= 0.3 is 0 Å². The maximum absolute atomic E-state index is 6.28. The zero-order chi connectivity index (χ0) is 13.7. The van der Waals surface area contributed by atoms with Crippen molar-refractivity contribution in [3.63, 3.8) is 0 Å². The van der Waals surface area contributed by atoms with Crippen molar-refractivity contribution in [2.45, 2.75) is 92.5 Å². The van der Waals surface area contributed by atoms with Crippen LogP contribution in [0.15, 0.2) is 0 Å². The van der Waals surface area contributed by atoms with E-state index in [1.54, 1.807) is 0 Å². The predicted octanol–water partition coefficient (Wildman–Crippen LogP) is 5.14. The van der Waals surface area contributed by atoms with Crippen LogP contribution in [0.3, 0.4) is 0 Å². The van der Waals surface area contributed by atoms with E-state index < -0.39 is 0 Å². The predicted molar refractivity (Wildman–Crippen MR) is 79.2 cm³/mol. The molecule has 0 aromatic carbocycles. The summed E-state index contributed by atoms with van der Waals surface area (Å²) < 4.78 is 0. The van der Waals surface area contributed by atoms with Crippen LogP contribution in [0.4, 0.5) is 0 Å². The molecule has 2 N–H and O–H groups in total. The fourth-order valence-electron chi connectivity index (χ4n) is 2.62. The van der Waals surface area contributed by atoms with Crippen molar-refractivity contribution in [2.24, 2.45) is 16.6 Å². The lowest BCUT2D eigenvalue weighted by Crippen LogP contribution is -2.40. The second-order valence-electron chi connectivity index (χ2n) is 7.06. The monoisotopic (exact) mass is 241 g/mol. The van der Waals surface area contributed by atoms with Crippen LogP contribution in [0.1, 0.15) is 87.0 Å². The quantitative estimate of drug-likeness (QED) is 0.626. The molecule has 0 spiro atoms. The zero-order valence-electron chi connectivity index (χ0n) is 13.3. The van der Waals surface area contributed by atoms with Crippen LogP contribution in [-0.2, 0) is 0 Å². The average molecular weight is 241 g/mol. The Morgan fingerprint density at radius 3 is 1.65 bits per heavy atom. The van der Waals surface area contributed by atoms with Crippen LogP contribution in [-0.4, -0.2) is 5.54 Å². The molecule has 0 bridgehead atoms. The second kappa shape index (κ2) is 6.22. The molecule has 0 aliphatic carbocycles. The van der Waals surface area contributed by atoms with Gasteiger partial charge in [0.2, 0.25) is 0 Å². The Bertz CT molecular complexity index is 218. The molecule has 0 aromatic rings. The van der Waals surface area contributed by atoms with Crippen molar-refractivity contribution in [1.29, 1.82) is 0 Å². The lowest BCUT2D eigenvalue weighted by Gasteiger charge is -2.45. The summed E-state index contributed by atoms with van der Waals surface area (Å²) in [4.78, 5) is 0. The molecule has 0 fully saturated rings. The van der Waals surface area contributed by atoms with E-state index in [0.29, 0.717) is 10.8 Å². The first-order chi connectivity index (χ1) is 7.64. The van der Waals surface area contributed by atoms with Gasteiger partial charge in [0, 0.05) is 5.54 Å². The molecule has 2 unspecified atom stereocenters. The van der Waals surface area contributed by atoms with Crippen molar-refractivity contribution in [3.05, 3.63) is 0 Å². The van der Waals surface area contributed by atoms with E-state index in [9.17, 15) is 0 Å². The van der Waals surface area contributed by atoms with E-state index in [0.717, 1.165) is 12.8 Å². The Kier molecular flexibility index (Phi) is 6.21. The zero-order valence-corrected chi connectivity index (χ0v) is 13.3. The van der Waals surface area contributed by atoms with Gasteiger partial charge in [-0.25, -0.2) is 0 Å². The van der Waals surface area contributed by atoms with E-state index in [1.165, 1.54) is 25.7 Å². The number of hydrogen-bond donors (Lipinski definition) is 1. The van der Waals surface area contributed by atoms with Crippen molar-refractivity contribution in [2.75, 3.05) is 0 Å². The Balaban J connectivity index is 4.64. The molecular weight excluding hydrogens is 206 g/mol. The summed E-state index contributed by atoms with van der Waals surface area (Å²) >= 11 is 0. The number of hydrogen-bond acceptors (Lipinski definition) is 1. The molecule has 0 amide bonds. The standard InChI is InChI=1S/C16H35N/c1-8-11-15(6,9-2)14(4,5)12-13-16(7,17)10-3/h8-13,17H2,1-7H3. The first kappa shape index (κ1) is 17.0. The molecule has 1 heteroatoms. The Morgan fingerprint density at radius 2 is 1.29 bits per heavy atom. The van der Waals surface area contributed by atoms with Gasteiger partial charge in [-0.05, 0) is 43.4 Å². The fraction of sp³-hybridized carbons (Fsp3) is 1.00. The Morgan fingerprint density at radius 1 is 0.765 bits per heavy atom. The molecule has 0 rings (SSSR count). The van der Waals surface area contributed by atoms with Gasteiger partial charge in [-0.2, -0.15) is 0 Å². The lowest BCUT2D eigenvalue weighted by molar-refractivity contribution is 0.0537. The molecule has 2 atom stereocenters. The summed E-state index contributed by atoms with van der Waals surface area (Å²) in [6.07, 6.45) is 7.31. The summed E-state index contributed by atoms with van der Waals surface area (Å²) in [6, 6.07) is 0. The molecule has 17 heavy (non-hydrogen) atoms. The van der Waals surface area contributed by atoms with Gasteiger partial charge in [0.1, 0.15) is 0 Å². The van der Waals surface area contributed by atoms with E-state index in [2.05, 4.69) is 48.5 Å². The minimum absolute atomic E-state index is 0.0120. The van der Waals surface area contributed by atoms with E-state index >= 15 is 0 Å². The molecule has 1 nitrogen and oxygen atoms in total. The average Bonchev–Trinajstić information content (AvgIpc) is 2.27. The maximum atomic E-state index is 6.28. The van der Waals surface area contributed by atoms with Gasteiger partial charge in [0.25, 0.3) is 0 Å². The summed E-state index contributed by atoms with van der Waals surface area (Å²) in [6.45, 7) is 16.3. The van der Waals surface area contributed by atoms with Gasteiger partial charge in [-0.3, -0.25) is 0 Å². The summed E-state index contributed by atoms with van der Waals surface area (Å²) in [5.74, 6) is 0. The molecule has 0 aliphatic heterocycles. The summed E-state index contributed by atoms with van der Waals surface area (Å²) in [5.41, 5.74) is 7.13. The highest BCUT2D eigenvalue weighted by atomic mass is 14.7. The fourth-order valence-corrected chi connectivity index (χ4v) is 2.62. The third kappa shape index (κ3) is 4.62. The van der Waals surface area contributed by atoms with Crippen molar-refractivity contribution in [1.82, 2.24) is 0 Å². The molecule has 0 aromatic heterocycles. The minimum Gasteiger partial charge on any atom is -0.325 e. The van der Waals surface area contributed by atoms with E-state index in [-0.39, 0.29) is 5.54 Å². The molecule has 0 radical (unpaired) electrons. The summed E-state index contributed by atoms with van der Waals surface area (Å²) in [7, 11) is 0. The molecule has 0 aliphatic rings. The topological polar surface area (TPSA) is 26.0 Å². The minimum atomic E-state index is 0.0120. The van der Waals surface area contributed by atoms with Crippen LogP contribution in [0.2, 0.25) is 0 Å². The van der Waals surface area contributed by atoms with Gasteiger partial charge in [0.05, 0.1) is 0 Å². The first-order valence-corrected chi connectivity index (χ1v) is 7.43. The van der Waals surface area contributed by atoms with Gasteiger partial charge in [-0.15, -0.1) is 0 Å². The Labute approximate surface area is 110 Å². The highest BCUT2D eigenvalue weighted by molar-refractivity contribution is 4.90. The van der Waals surface area contributed by atoms with Crippen LogP contribution in [0.5, 0.6) is 0 Å². The third-order valence-corrected chi connectivity index (χ3v) is 5.34. The Hall–Kier alpha value is -0.0400. The van der Waals surface area contributed by atoms with Gasteiger partial charge in [-0.1, -0.05) is 54.4 Å². The third-order valence-electron chi connectivity index (χ3n) is 5.34. The van der Waals surface area contributed by atoms with Crippen LogP contribution in [0, 0.1) is 10.8 Å². The highest BCUT2D eigenvalue weighted by Gasteiger charge is 2.39. The van der Waals surface area contributed by atoms with Crippen LogP contribution < -0.4 is 5.73 Å². The smallest absolute Gasteiger partial charge is 0.0123 e. The number of nitrogens with two attached hydrogens (primary N) is 1. The molecular formula is C16H35N.